The highest BCUT2D eigenvalue weighted by Gasteiger charge is 2.20. The normalized spacial score (nSPS) is 11.8. The zero-order valence-corrected chi connectivity index (χ0v) is 11.3. The van der Waals surface area contributed by atoms with Crippen LogP contribution in [-0.2, 0) is 4.79 Å². The lowest BCUT2D eigenvalue weighted by atomic mass is 10.2. The summed E-state index contributed by atoms with van der Waals surface area (Å²) >= 11 is 5.60. The fraction of sp³-hybridized carbons (Fsp3) is 0.333. The first-order chi connectivity index (χ1) is 9.35. The van der Waals surface area contributed by atoms with E-state index < -0.39 is 35.4 Å². The van der Waals surface area contributed by atoms with E-state index in [0.29, 0.717) is 12.5 Å². The van der Waals surface area contributed by atoms with Gasteiger partial charge in [-0.1, -0.05) is 24.9 Å². The van der Waals surface area contributed by atoms with Gasteiger partial charge in [0.15, 0.2) is 5.82 Å². The van der Waals surface area contributed by atoms with Crippen LogP contribution in [-0.4, -0.2) is 23.1 Å². The van der Waals surface area contributed by atoms with Crippen molar-refractivity contribution in [2.45, 2.75) is 25.8 Å². The highest BCUT2D eigenvalue weighted by Crippen LogP contribution is 2.26. The molecule has 20 heavy (non-hydrogen) atoms. The Morgan fingerprint density at radius 1 is 1.40 bits per heavy atom. The molecule has 0 aromatic heterocycles. The van der Waals surface area contributed by atoms with Crippen LogP contribution in [0.25, 0.3) is 0 Å². The number of carboxylic acids is 1. The molecule has 0 bridgehead atoms. The van der Waals surface area contributed by atoms with E-state index in [4.69, 9.17) is 16.7 Å². The van der Waals surface area contributed by atoms with E-state index in [1.165, 1.54) is 0 Å². The Morgan fingerprint density at radius 2 is 2.05 bits per heavy atom. The summed E-state index contributed by atoms with van der Waals surface area (Å²) in [5.41, 5.74) is -0.411. The van der Waals surface area contributed by atoms with Gasteiger partial charge in [-0.2, -0.15) is 0 Å². The first-order valence-corrected chi connectivity index (χ1v) is 6.17. The molecule has 0 aliphatic carbocycles. The van der Waals surface area contributed by atoms with Gasteiger partial charge in [0.2, 0.25) is 0 Å². The Labute approximate surface area is 118 Å². The zero-order valence-electron chi connectivity index (χ0n) is 10.5. The van der Waals surface area contributed by atoms with Crippen molar-refractivity contribution in [1.29, 1.82) is 0 Å². The number of urea groups is 1. The van der Waals surface area contributed by atoms with Crippen LogP contribution in [0.15, 0.2) is 12.1 Å². The fourth-order valence-electron chi connectivity index (χ4n) is 1.52. The average Bonchev–Trinajstić information content (AvgIpc) is 2.33. The summed E-state index contributed by atoms with van der Waals surface area (Å²) in [6.07, 6.45) is 0.769. The Hall–Kier alpha value is -1.89. The fourth-order valence-corrected chi connectivity index (χ4v) is 1.76. The van der Waals surface area contributed by atoms with Gasteiger partial charge in [-0.3, -0.25) is 0 Å². The number of anilines is 1. The first-order valence-electron chi connectivity index (χ1n) is 5.80. The number of aliphatic carboxylic acids is 1. The van der Waals surface area contributed by atoms with Crippen LogP contribution < -0.4 is 10.6 Å². The van der Waals surface area contributed by atoms with Crippen molar-refractivity contribution in [3.8, 4) is 0 Å². The first kappa shape index (κ1) is 16.2. The molecule has 0 unspecified atom stereocenters. The SMILES string of the molecule is CCC[C@@H](NC(=O)Nc1c(F)cc(F)cc1Cl)C(=O)O. The summed E-state index contributed by atoms with van der Waals surface area (Å²) in [5, 5.41) is 12.8. The van der Waals surface area contributed by atoms with Crippen LogP contribution in [0, 0.1) is 11.6 Å². The van der Waals surface area contributed by atoms with Crippen molar-refractivity contribution >= 4 is 29.3 Å². The van der Waals surface area contributed by atoms with E-state index in [9.17, 15) is 18.4 Å². The number of carbonyl (C=O) groups is 2. The second kappa shape index (κ2) is 7.04. The number of hydrogen-bond donors (Lipinski definition) is 3. The summed E-state index contributed by atoms with van der Waals surface area (Å²) in [7, 11) is 0. The van der Waals surface area contributed by atoms with Gasteiger partial charge in [0.25, 0.3) is 0 Å². The third-order valence-electron chi connectivity index (χ3n) is 2.43. The van der Waals surface area contributed by atoms with Crippen molar-refractivity contribution in [3.63, 3.8) is 0 Å². The highest BCUT2D eigenvalue weighted by atomic mass is 35.5. The standard InChI is InChI=1S/C12H13ClF2N2O3/c1-2-3-9(11(18)19)16-12(20)17-10-7(13)4-6(14)5-8(10)15/h4-5,9H,2-3H2,1H3,(H,18,19)(H2,16,17,20)/t9-/m1/s1. The van der Waals surface area contributed by atoms with Crippen LogP contribution in [0.3, 0.4) is 0 Å². The maximum Gasteiger partial charge on any atom is 0.326 e. The van der Waals surface area contributed by atoms with E-state index in [-0.39, 0.29) is 11.4 Å². The monoisotopic (exact) mass is 306 g/mol. The van der Waals surface area contributed by atoms with Crippen LogP contribution in [0.4, 0.5) is 19.3 Å². The number of carbonyl (C=O) groups excluding carboxylic acids is 1. The van der Waals surface area contributed by atoms with Gasteiger partial charge in [0.05, 0.1) is 10.7 Å². The molecule has 5 nitrogen and oxygen atoms in total. The van der Waals surface area contributed by atoms with E-state index in [0.717, 1.165) is 6.07 Å². The van der Waals surface area contributed by atoms with Crippen molar-refractivity contribution in [2.75, 3.05) is 5.32 Å². The summed E-state index contributed by atoms with van der Waals surface area (Å²) < 4.78 is 26.3. The molecule has 0 heterocycles. The van der Waals surface area contributed by atoms with E-state index >= 15 is 0 Å². The van der Waals surface area contributed by atoms with E-state index in [1.54, 1.807) is 6.92 Å². The van der Waals surface area contributed by atoms with Gasteiger partial charge in [-0.05, 0) is 12.5 Å². The summed E-state index contributed by atoms with van der Waals surface area (Å²) in [6, 6.07) is -0.635. The van der Waals surface area contributed by atoms with Crippen molar-refractivity contribution in [1.82, 2.24) is 5.32 Å². The largest absolute Gasteiger partial charge is 0.480 e. The topological polar surface area (TPSA) is 78.4 Å². The number of hydrogen-bond acceptors (Lipinski definition) is 2. The van der Waals surface area contributed by atoms with Gasteiger partial charge < -0.3 is 15.7 Å². The second-order valence-corrected chi connectivity index (χ2v) is 4.43. The maximum atomic E-state index is 13.4. The van der Waals surface area contributed by atoms with Gasteiger partial charge in [0, 0.05) is 6.07 Å². The molecule has 8 heteroatoms. The zero-order chi connectivity index (χ0) is 15.3. The second-order valence-electron chi connectivity index (χ2n) is 4.02. The van der Waals surface area contributed by atoms with Crippen LogP contribution in [0.1, 0.15) is 19.8 Å². The third-order valence-corrected chi connectivity index (χ3v) is 2.72. The summed E-state index contributed by atoms with van der Waals surface area (Å²) in [6.45, 7) is 1.76. The predicted octanol–water partition coefficient (Wildman–Crippen LogP) is 2.99. The lowest BCUT2D eigenvalue weighted by Gasteiger charge is -2.15. The molecule has 1 aromatic rings. The highest BCUT2D eigenvalue weighted by molar-refractivity contribution is 6.33. The van der Waals surface area contributed by atoms with Crippen LogP contribution in [0.2, 0.25) is 5.02 Å². The van der Waals surface area contributed by atoms with Gasteiger partial charge >= 0.3 is 12.0 Å². The maximum absolute atomic E-state index is 13.4. The lowest BCUT2D eigenvalue weighted by Crippen LogP contribution is -2.43. The number of nitrogens with one attached hydrogen (secondary N) is 2. The van der Waals surface area contributed by atoms with E-state index in [1.807, 2.05) is 0 Å². The Morgan fingerprint density at radius 3 is 2.55 bits per heavy atom. The Balaban J connectivity index is 2.78. The molecule has 2 amide bonds. The minimum atomic E-state index is -1.20. The molecule has 1 atom stereocenters. The number of carboxylic acid groups (broad SMARTS) is 1. The van der Waals surface area contributed by atoms with E-state index in [2.05, 4.69) is 10.6 Å². The molecule has 0 radical (unpaired) electrons. The molecule has 0 fully saturated rings. The summed E-state index contributed by atoms with van der Waals surface area (Å²) in [4.78, 5) is 22.5. The number of rotatable bonds is 5. The summed E-state index contributed by atoms with van der Waals surface area (Å²) in [5.74, 6) is -3.13. The molecule has 1 aromatic carbocycles. The molecular formula is C12H13ClF2N2O3. The third kappa shape index (κ3) is 4.34. The van der Waals surface area contributed by atoms with Crippen molar-refractivity contribution in [3.05, 3.63) is 28.8 Å². The van der Waals surface area contributed by atoms with Gasteiger partial charge in [0.1, 0.15) is 11.9 Å². The lowest BCUT2D eigenvalue weighted by molar-refractivity contribution is -0.139. The number of halogens is 3. The molecule has 0 spiro atoms. The Bertz CT molecular complexity index is 502. The molecule has 0 aliphatic rings. The molecule has 0 saturated carbocycles. The molecule has 3 N–H and O–H groups in total. The minimum absolute atomic E-state index is 0.225. The average molecular weight is 307 g/mol. The number of benzene rings is 1. The van der Waals surface area contributed by atoms with Crippen molar-refractivity contribution < 1.29 is 23.5 Å². The smallest absolute Gasteiger partial charge is 0.326 e. The van der Waals surface area contributed by atoms with Gasteiger partial charge in [-0.15, -0.1) is 0 Å². The molecule has 110 valence electrons. The molecule has 0 aliphatic heterocycles. The Kier molecular flexibility index (Phi) is 5.69. The van der Waals surface area contributed by atoms with Gasteiger partial charge in [-0.25, -0.2) is 18.4 Å². The quantitative estimate of drug-likeness (QED) is 0.782. The van der Waals surface area contributed by atoms with Crippen LogP contribution in [0.5, 0.6) is 0 Å². The minimum Gasteiger partial charge on any atom is -0.480 e. The predicted molar refractivity (Wildman–Crippen MR) is 69.9 cm³/mol. The molecule has 0 saturated heterocycles. The number of amides is 2. The molecular weight excluding hydrogens is 294 g/mol. The van der Waals surface area contributed by atoms with Crippen LogP contribution >= 0.6 is 11.6 Å². The molecule has 1 rings (SSSR count). The van der Waals surface area contributed by atoms with Crippen molar-refractivity contribution in [2.24, 2.45) is 0 Å².